The molecule has 128 valence electrons. The number of nitrogens with zero attached hydrogens (tertiary/aromatic N) is 2. The smallest absolute Gasteiger partial charge is 0.255 e. The van der Waals surface area contributed by atoms with Gasteiger partial charge in [-0.3, -0.25) is 4.79 Å². The van der Waals surface area contributed by atoms with Gasteiger partial charge in [-0.25, -0.2) is 9.97 Å². The van der Waals surface area contributed by atoms with Crippen LogP contribution in [0.3, 0.4) is 0 Å². The highest BCUT2D eigenvalue weighted by Crippen LogP contribution is 2.30. The van der Waals surface area contributed by atoms with Crippen LogP contribution in [0.25, 0.3) is 10.2 Å². The van der Waals surface area contributed by atoms with Gasteiger partial charge in [0.05, 0.1) is 5.52 Å². The molecule has 1 N–H and O–H groups in total. The van der Waals surface area contributed by atoms with E-state index >= 15 is 0 Å². The summed E-state index contributed by atoms with van der Waals surface area (Å²) in [5, 5.41) is 4.84. The summed E-state index contributed by atoms with van der Waals surface area (Å²) in [5.74, 6) is 1.03. The molecule has 5 nitrogen and oxygen atoms in total. The highest BCUT2D eigenvalue weighted by atomic mass is 32.1. The Labute approximate surface area is 154 Å². The molecule has 0 aliphatic heterocycles. The van der Waals surface area contributed by atoms with E-state index in [4.69, 9.17) is 4.74 Å². The first-order valence-corrected chi connectivity index (χ1v) is 8.91. The molecule has 26 heavy (non-hydrogen) atoms. The van der Waals surface area contributed by atoms with Crippen molar-refractivity contribution >= 4 is 33.1 Å². The van der Waals surface area contributed by atoms with Gasteiger partial charge in [0, 0.05) is 11.3 Å². The number of rotatable bonds is 4. The van der Waals surface area contributed by atoms with E-state index in [0.29, 0.717) is 22.9 Å². The van der Waals surface area contributed by atoms with Crippen LogP contribution in [0.5, 0.6) is 11.6 Å². The molecular formula is C20H15N3O2S. The number of carbonyl (C=O) groups is 1. The molecule has 4 aromatic rings. The maximum atomic E-state index is 12.3. The largest absolute Gasteiger partial charge is 0.437 e. The minimum Gasteiger partial charge on any atom is -0.437 e. The third-order valence-electron chi connectivity index (χ3n) is 3.82. The molecule has 0 atom stereocenters. The fourth-order valence-corrected chi connectivity index (χ4v) is 3.32. The SMILES string of the molecule is Cc1cccc(C(=O)Nc2ccc(Oc3ncnc4ccsc34)cc2)c1. The molecule has 0 fully saturated rings. The second-order valence-corrected chi connectivity index (χ2v) is 6.68. The number of aromatic nitrogens is 2. The van der Waals surface area contributed by atoms with Crippen molar-refractivity contribution in [3.8, 4) is 11.6 Å². The van der Waals surface area contributed by atoms with E-state index in [2.05, 4.69) is 15.3 Å². The first-order chi connectivity index (χ1) is 12.7. The summed E-state index contributed by atoms with van der Waals surface area (Å²) in [7, 11) is 0. The first-order valence-electron chi connectivity index (χ1n) is 8.03. The number of anilines is 1. The number of hydrogen-bond donors (Lipinski definition) is 1. The Bertz CT molecular complexity index is 1070. The molecule has 2 aromatic carbocycles. The Morgan fingerprint density at radius 2 is 1.92 bits per heavy atom. The van der Waals surface area contributed by atoms with Gasteiger partial charge in [0.1, 0.15) is 16.8 Å². The zero-order chi connectivity index (χ0) is 17.9. The molecule has 0 aliphatic carbocycles. The van der Waals surface area contributed by atoms with Crippen molar-refractivity contribution in [2.45, 2.75) is 6.92 Å². The number of fused-ring (bicyclic) bond motifs is 1. The average Bonchev–Trinajstić information content (AvgIpc) is 3.13. The van der Waals surface area contributed by atoms with Crippen LogP contribution in [0.1, 0.15) is 15.9 Å². The first kappa shape index (κ1) is 16.2. The predicted molar refractivity (Wildman–Crippen MR) is 103 cm³/mol. The number of carbonyl (C=O) groups excluding carboxylic acids is 1. The van der Waals surface area contributed by atoms with Crippen molar-refractivity contribution in [1.29, 1.82) is 0 Å². The van der Waals surface area contributed by atoms with Gasteiger partial charge >= 0.3 is 0 Å². The van der Waals surface area contributed by atoms with Crippen LogP contribution >= 0.6 is 11.3 Å². The van der Waals surface area contributed by atoms with Gasteiger partial charge in [0.2, 0.25) is 5.88 Å². The Hall–Kier alpha value is -3.25. The van der Waals surface area contributed by atoms with E-state index in [0.717, 1.165) is 15.8 Å². The summed E-state index contributed by atoms with van der Waals surface area (Å²) in [6.45, 7) is 1.96. The van der Waals surface area contributed by atoms with Crippen LogP contribution in [0.15, 0.2) is 66.3 Å². The minimum atomic E-state index is -0.140. The Morgan fingerprint density at radius 1 is 1.08 bits per heavy atom. The van der Waals surface area contributed by atoms with Crippen molar-refractivity contribution in [2.75, 3.05) is 5.32 Å². The molecule has 0 bridgehead atoms. The van der Waals surface area contributed by atoms with Crippen molar-refractivity contribution in [2.24, 2.45) is 0 Å². The molecule has 0 radical (unpaired) electrons. The maximum Gasteiger partial charge on any atom is 0.255 e. The van der Waals surface area contributed by atoms with E-state index < -0.39 is 0 Å². The van der Waals surface area contributed by atoms with Gasteiger partial charge < -0.3 is 10.1 Å². The van der Waals surface area contributed by atoms with E-state index in [-0.39, 0.29) is 5.91 Å². The molecule has 2 heterocycles. The van der Waals surface area contributed by atoms with Gasteiger partial charge in [-0.05, 0) is 54.8 Å². The van der Waals surface area contributed by atoms with Crippen LogP contribution in [-0.4, -0.2) is 15.9 Å². The summed E-state index contributed by atoms with van der Waals surface area (Å²) in [6.07, 6.45) is 1.49. The van der Waals surface area contributed by atoms with Gasteiger partial charge in [0.25, 0.3) is 5.91 Å². The Morgan fingerprint density at radius 3 is 2.73 bits per heavy atom. The highest BCUT2D eigenvalue weighted by molar-refractivity contribution is 7.17. The van der Waals surface area contributed by atoms with Crippen LogP contribution in [0.4, 0.5) is 5.69 Å². The fourth-order valence-electron chi connectivity index (χ4n) is 2.55. The number of amides is 1. The predicted octanol–water partition coefficient (Wildman–Crippen LogP) is 5.04. The molecule has 0 aliphatic rings. The third kappa shape index (κ3) is 3.41. The van der Waals surface area contributed by atoms with Crippen LogP contribution in [0.2, 0.25) is 0 Å². The van der Waals surface area contributed by atoms with Gasteiger partial charge in [0.15, 0.2) is 0 Å². The van der Waals surface area contributed by atoms with Crippen LogP contribution in [-0.2, 0) is 0 Å². The third-order valence-corrected chi connectivity index (χ3v) is 4.71. The van der Waals surface area contributed by atoms with E-state index in [1.165, 1.54) is 17.7 Å². The van der Waals surface area contributed by atoms with Crippen molar-refractivity contribution in [1.82, 2.24) is 9.97 Å². The van der Waals surface area contributed by atoms with Gasteiger partial charge in [-0.2, -0.15) is 0 Å². The maximum absolute atomic E-state index is 12.3. The molecule has 6 heteroatoms. The highest BCUT2D eigenvalue weighted by Gasteiger charge is 2.09. The fraction of sp³-hybridized carbons (Fsp3) is 0.0500. The molecule has 1 amide bonds. The van der Waals surface area contributed by atoms with Crippen molar-refractivity contribution < 1.29 is 9.53 Å². The average molecular weight is 361 g/mol. The van der Waals surface area contributed by atoms with E-state index in [1.807, 2.05) is 36.6 Å². The second-order valence-electron chi connectivity index (χ2n) is 5.76. The number of aryl methyl sites for hydroxylation is 1. The zero-order valence-electron chi connectivity index (χ0n) is 14.0. The summed E-state index contributed by atoms with van der Waals surface area (Å²) >= 11 is 1.54. The van der Waals surface area contributed by atoms with Crippen LogP contribution in [0, 0.1) is 6.92 Å². The number of hydrogen-bond acceptors (Lipinski definition) is 5. The lowest BCUT2D eigenvalue weighted by atomic mass is 10.1. The molecule has 4 rings (SSSR count). The van der Waals surface area contributed by atoms with E-state index in [9.17, 15) is 4.79 Å². The Kier molecular flexibility index (Phi) is 4.33. The number of benzene rings is 2. The lowest BCUT2D eigenvalue weighted by Crippen LogP contribution is -2.11. The number of thiophene rings is 1. The normalized spacial score (nSPS) is 10.7. The summed E-state index contributed by atoms with van der Waals surface area (Å²) in [6, 6.07) is 16.6. The molecule has 0 spiro atoms. The summed E-state index contributed by atoms with van der Waals surface area (Å²) < 4.78 is 6.76. The van der Waals surface area contributed by atoms with Gasteiger partial charge in [-0.1, -0.05) is 17.7 Å². The second kappa shape index (κ2) is 6.93. The van der Waals surface area contributed by atoms with E-state index in [1.54, 1.807) is 30.3 Å². The molecular weight excluding hydrogens is 346 g/mol. The lowest BCUT2D eigenvalue weighted by Gasteiger charge is -2.08. The van der Waals surface area contributed by atoms with Crippen LogP contribution < -0.4 is 10.1 Å². The zero-order valence-corrected chi connectivity index (χ0v) is 14.8. The topological polar surface area (TPSA) is 64.1 Å². The van der Waals surface area contributed by atoms with Gasteiger partial charge in [-0.15, -0.1) is 11.3 Å². The molecule has 0 saturated heterocycles. The molecule has 2 aromatic heterocycles. The van der Waals surface area contributed by atoms with Crippen molar-refractivity contribution in [3.05, 3.63) is 77.4 Å². The summed E-state index contributed by atoms with van der Waals surface area (Å²) in [5.41, 5.74) is 3.24. The number of ether oxygens (including phenoxy) is 1. The quantitative estimate of drug-likeness (QED) is 0.553. The minimum absolute atomic E-state index is 0.140. The standard InChI is InChI=1S/C20H15N3O2S/c1-13-3-2-4-14(11-13)19(24)23-15-5-7-16(8-6-15)25-20-18-17(9-10-26-18)21-12-22-20/h2-12H,1H3,(H,23,24). The number of nitrogens with one attached hydrogen (secondary N) is 1. The Balaban J connectivity index is 1.48. The molecule has 0 saturated carbocycles. The lowest BCUT2D eigenvalue weighted by molar-refractivity contribution is 0.102. The summed E-state index contributed by atoms with van der Waals surface area (Å²) in [4.78, 5) is 20.7. The monoisotopic (exact) mass is 361 g/mol. The molecule has 0 unspecified atom stereocenters. The van der Waals surface area contributed by atoms with Crippen molar-refractivity contribution in [3.63, 3.8) is 0 Å².